The van der Waals surface area contributed by atoms with E-state index in [1.807, 2.05) is 25.3 Å². The van der Waals surface area contributed by atoms with Crippen LogP contribution in [-0.4, -0.2) is 22.1 Å². The van der Waals surface area contributed by atoms with Crippen LogP contribution in [0.3, 0.4) is 0 Å². The monoisotopic (exact) mass is 569 g/mol. The normalized spacial score (nSPS) is 11.3. The predicted molar refractivity (Wildman–Crippen MR) is 178 cm³/mol. The topological polar surface area (TPSA) is 49.3 Å². The summed E-state index contributed by atoms with van der Waals surface area (Å²) in [5.41, 5.74) is 12.3. The minimum absolute atomic E-state index is 0.266. The lowest BCUT2D eigenvalue weighted by Gasteiger charge is -2.22. The second-order valence-electron chi connectivity index (χ2n) is 11.5. The van der Waals surface area contributed by atoms with Gasteiger partial charge in [-0.15, -0.1) is 11.3 Å². The number of fused-ring (bicyclic) bond motifs is 1. The maximum absolute atomic E-state index is 11.1. The van der Waals surface area contributed by atoms with Gasteiger partial charge in [0.05, 0.1) is 16.1 Å². The molecule has 4 nitrogen and oxygen atoms in total. The Morgan fingerprint density at radius 1 is 0.690 bits per heavy atom. The van der Waals surface area contributed by atoms with Crippen molar-refractivity contribution in [3.63, 3.8) is 0 Å². The standard InChI is InChI=1S/C37H35N3OS/c1-21-10-22(2)13-28(12-21)29-19-33(32-16-23(3)11-25(5)36(32)41)39-34(20-29)40(7)31-15-24(4)14-30(18-31)35-37-27(8-9-38-35)17-26(6)42-37/h8-20,41H,1-7H3. The van der Waals surface area contributed by atoms with Crippen LogP contribution in [0.1, 0.15) is 32.7 Å². The number of aromatic nitrogens is 2. The molecule has 0 saturated carbocycles. The molecule has 6 aromatic rings. The van der Waals surface area contributed by atoms with Gasteiger partial charge in [0.25, 0.3) is 0 Å². The third-order valence-corrected chi connectivity index (χ3v) is 8.78. The molecule has 3 aromatic carbocycles. The third-order valence-electron chi connectivity index (χ3n) is 7.71. The summed E-state index contributed by atoms with van der Waals surface area (Å²) >= 11 is 1.78. The largest absolute Gasteiger partial charge is 0.507 e. The molecule has 0 aliphatic heterocycles. The summed E-state index contributed by atoms with van der Waals surface area (Å²) < 4.78 is 1.21. The Bertz CT molecular complexity index is 1970. The van der Waals surface area contributed by atoms with E-state index in [0.29, 0.717) is 0 Å². The van der Waals surface area contributed by atoms with E-state index in [-0.39, 0.29) is 5.75 Å². The van der Waals surface area contributed by atoms with E-state index in [2.05, 4.69) is 107 Å². The summed E-state index contributed by atoms with van der Waals surface area (Å²) in [6.07, 6.45) is 1.90. The molecule has 0 bridgehead atoms. The summed E-state index contributed by atoms with van der Waals surface area (Å²) in [7, 11) is 2.06. The third kappa shape index (κ3) is 5.28. The van der Waals surface area contributed by atoms with Gasteiger partial charge < -0.3 is 10.0 Å². The molecule has 42 heavy (non-hydrogen) atoms. The van der Waals surface area contributed by atoms with E-state index in [4.69, 9.17) is 9.97 Å². The van der Waals surface area contributed by atoms with E-state index < -0.39 is 0 Å². The smallest absolute Gasteiger partial charge is 0.134 e. The summed E-state index contributed by atoms with van der Waals surface area (Å²) in [6, 6.07) is 25.7. The number of hydrogen-bond acceptors (Lipinski definition) is 5. The Labute approximate surface area is 252 Å². The molecule has 5 heteroatoms. The van der Waals surface area contributed by atoms with Crippen molar-refractivity contribution in [1.82, 2.24) is 9.97 Å². The number of hydrogen-bond donors (Lipinski definition) is 1. The van der Waals surface area contributed by atoms with Gasteiger partial charge >= 0.3 is 0 Å². The van der Waals surface area contributed by atoms with Crippen LogP contribution in [0.5, 0.6) is 5.75 Å². The summed E-state index contributed by atoms with van der Waals surface area (Å²) in [4.78, 5) is 13.3. The Hall–Kier alpha value is -4.48. The summed E-state index contributed by atoms with van der Waals surface area (Å²) in [6.45, 7) is 12.5. The first-order chi connectivity index (χ1) is 20.0. The Balaban J connectivity index is 1.53. The zero-order valence-corrected chi connectivity index (χ0v) is 26.0. The fraction of sp³-hybridized carbons (Fsp3) is 0.189. The van der Waals surface area contributed by atoms with Crippen LogP contribution in [0.4, 0.5) is 11.5 Å². The molecule has 0 saturated heterocycles. The van der Waals surface area contributed by atoms with Crippen molar-refractivity contribution in [2.75, 3.05) is 11.9 Å². The van der Waals surface area contributed by atoms with Crippen molar-refractivity contribution >= 4 is 32.9 Å². The number of phenolic OH excluding ortho intramolecular Hbond substituents is 1. The number of nitrogens with zero attached hydrogens (tertiary/aromatic N) is 3. The first-order valence-electron chi connectivity index (χ1n) is 14.2. The molecule has 0 fully saturated rings. The maximum Gasteiger partial charge on any atom is 0.134 e. The molecule has 0 atom stereocenters. The number of thiophene rings is 1. The Morgan fingerprint density at radius 2 is 1.36 bits per heavy atom. The van der Waals surface area contributed by atoms with Crippen LogP contribution < -0.4 is 4.90 Å². The van der Waals surface area contributed by atoms with Gasteiger partial charge in [-0.3, -0.25) is 4.98 Å². The molecular formula is C37H35N3OS. The molecule has 1 N–H and O–H groups in total. The zero-order chi connectivity index (χ0) is 29.7. The minimum atomic E-state index is 0.266. The van der Waals surface area contributed by atoms with E-state index in [1.54, 1.807) is 11.3 Å². The van der Waals surface area contributed by atoms with E-state index in [0.717, 1.165) is 61.8 Å². The molecule has 210 valence electrons. The van der Waals surface area contributed by atoms with Crippen molar-refractivity contribution in [2.45, 2.75) is 41.5 Å². The Kier molecular flexibility index (Phi) is 7.07. The van der Waals surface area contributed by atoms with Gasteiger partial charge in [0.1, 0.15) is 11.6 Å². The van der Waals surface area contributed by atoms with E-state index in [9.17, 15) is 5.11 Å². The highest BCUT2D eigenvalue weighted by molar-refractivity contribution is 7.19. The van der Waals surface area contributed by atoms with Crippen molar-refractivity contribution < 1.29 is 5.11 Å². The van der Waals surface area contributed by atoms with Gasteiger partial charge in [-0.2, -0.15) is 0 Å². The highest BCUT2D eigenvalue weighted by Gasteiger charge is 2.17. The van der Waals surface area contributed by atoms with Crippen LogP contribution in [0, 0.1) is 41.5 Å². The first-order valence-corrected chi connectivity index (χ1v) is 15.0. The van der Waals surface area contributed by atoms with Crippen LogP contribution >= 0.6 is 11.3 Å². The van der Waals surface area contributed by atoms with E-state index >= 15 is 0 Å². The fourth-order valence-corrected chi connectivity index (χ4v) is 6.83. The van der Waals surface area contributed by atoms with E-state index in [1.165, 1.54) is 26.1 Å². The Morgan fingerprint density at radius 3 is 2.12 bits per heavy atom. The van der Waals surface area contributed by atoms with Crippen LogP contribution in [0.25, 0.3) is 43.7 Å². The van der Waals surface area contributed by atoms with Gasteiger partial charge in [0.2, 0.25) is 0 Å². The molecule has 3 aromatic heterocycles. The van der Waals surface area contributed by atoms with Gasteiger partial charge in [-0.1, -0.05) is 35.4 Å². The molecule has 0 aliphatic rings. The van der Waals surface area contributed by atoms with Crippen molar-refractivity contribution in [2.24, 2.45) is 0 Å². The highest BCUT2D eigenvalue weighted by Crippen LogP contribution is 2.39. The molecule has 0 spiro atoms. The fourth-order valence-electron chi connectivity index (χ4n) is 5.81. The van der Waals surface area contributed by atoms with Gasteiger partial charge in [-0.25, -0.2) is 4.98 Å². The zero-order valence-electron chi connectivity index (χ0n) is 25.2. The highest BCUT2D eigenvalue weighted by atomic mass is 32.1. The lowest BCUT2D eigenvalue weighted by molar-refractivity contribution is 0.473. The number of phenols is 1. The second kappa shape index (κ2) is 10.7. The molecule has 0 radical (unpaired) electrons. The van der Waals surface area contributed by atoms with Crippen molar-refractivity contribution in [3.05, 3.63) is 112 Å². The molecule has 0 unspecified atom stereocenters. The van der Waals surface area contributed by atoms with Crippen LogP contribution in [0.2, 0.25) is 0 Å². The average Bonchev–Trinajstić information content (AvgIpc) is 3.33. The number of pyridine rings is 2. The maximum atomic E-state index is 11.1. The van der Waals surface area contributed by atoms with Crippen LogP contribution in [-0.2, 0) is 0 Å². The first kappa shape index (κ1) is 27.7. The molecule has 6 rings (SSSR count). The predicted octanol–water partition coefficient (Wildman–Crippen LogP) is 10.0. The number of aryl methyl sites for hydroxylation is 6. The van der Waals surface area contributed by atoms with Gasteiger partial charge in [0.15, 0.2) is 0 Å². The van der Waals surface area contributed by atoms with Gasteiger partial charge in [-0.05, 0) is 123 Å². The summed E-state index contributed by atoms with van der Waals surface area (Å²) in [5.74, 6) is 1.07. The molecule has 0 aliphatic carbocycles. The quantitative estimate of drug-likeness (QED) is 0.224. The number of rotatable bonds is 5. The minimum Gasteiger partial charge on any atom is -0.507 e. The SMILES string of the molecule is Cc1cc(C)cc(-c2cc(-c3cc(C)cc(C)c3O)nc(N(C)c3cc(C)cc(-c4nccc5cc(C)sc45)c3)c2)c1. The van der Waals surface area contributed by atoms with Gasteiger partial charge in [0, 0.05) is 34.9 Å². The number of benzene rings is 3. The number of aromatic hydroxyl groups is 1. The molecule has 3 heterocycles. The second-order valence-corrected chi connectivity index (χ2v) is 12.8. The average molecular weight is 570 g/mol. The van der Waals surface area contributed by atoms with Crippen molar-refractivity contribution in [3.8, 4) is 39.4 Å². The van der Waals surface area contributed by atoms with Crippen LogP contribution in [0.15, 0.2) is 79.0 Å². The van der Waals surface area contributed by atoms with Crippen molar-refractivity contribution in [1.29, 1.82) is 0 Å². The molecular weight excluding hydrogens is 534 g/mol. The number of anilines is 2. The lowest BCUT2D eigenvalue weighted by atomic mass is 9.97. The molecule has 0 amide bonds. The lowest BCUT2D eigenvalue weighted by Crippen LogP contribution is -2.12. The summed E-state index contributed by atoms with van der Waals surface area (Å²) in [5, 5.41) is 12.3.